The smallest absolute Gasteiger partial charge is 0.337 e. The van der Waals surface area contributed by atoms with Gasteiger partial charge in [0.05, 0.1) is 0 Å². The molecule has 0 saturated carbocycles. The van der Waals surface area contributed by atoms with E-state index in [2.05, 4.69) is 13.8 Å². The zero-order chi connectivity index (χ0) is 17.9. The van der Waals surface area contributed by atoms with Crippen molar-refractivity contribution >= 4 is 8.56 Å². The van der Waals surface area contributed by atoms with Crippen LogP contribution in [0, 0.1) is 0 Å². The molecule has 0 fully saturated rings. The van der Waals surface area contributed by atoms with Crippen LogP contribution in [0.3, 0.4) is 0 Å². The van der Waals surface area contributed by atoms with Gasteiger partial charge in [-0.25, -0.2) is 0 Å². The summed E-state index contributed by atoms with van der Waals surface area (Å²) in [6.07, 6.45) is 20.6. The fourth-order valence-electron chi connectivity index (χ4n) is 3.50. The molecule has 0 bridgehead atoms. The van der Waals surface area contributed by atoms with E-state index in [0.29, 0.717) is 0 Å². The van der Waals surface area contributed by atoms with E-state index >= 15 is 0 Å². The van der Waals surface area contributed by atoms with Crippen LogP contribution < -0.4 is 0 Å². The first-order valence-corrected chi connectivity index (χ1v) is 13.1. The maximum atomic E-state index is 5.90. The van der Waals surface area contributed by atoms with E-state index in [4.69, 9.17) is 8.85 Å². The van der Waals surface area contributed by atoms with Gasteiger partial charge in [-0.3, -0.25) is 0 Å². The van der Waals surface area contributed by atoms with Gasteiger partial charge in [-0.05, 0) is 12.1 Å². The van der Waals surface area contributed by atoms with E-state index in [1.807, 2.05) is 14.2 Å². The van der Waals surface area contributed by atoms with Crippen LogP contribution in [-0.4, -0.2) is 22.8 Å². The molecule has 0 N–H and O–H groups in total. The molecule has 0 aliphatic rings. The molecule has 0 aromatic heterocycles. The first-order chi connectivity index (χ1) is 11.7. The molecule has 0 atom stereocenters. The molecule has 0 aromatic rings. The lowest BCUT2D eigenvalue weighted by molar-refractivity contribution is 0.238. The fraction of sp³-hybridized carbons (Fsp3) is 1.00. The minimum absolute atomic E-state index is 1.18. The average Bonchev–Trinajstić information content (AvgIpc) is 2.61. The molecular weight excluding hydrogens is 312 g/mol. The van der Waals surface area contributed by atoms with E-state index in [9.17, 15) is 0 Å². The van der Waals surface area contributed by atoms with Crippen molar-refractivity contribution < 1.29 is 8.85 Å². The van der Waals surface area contributed by atoms with E-state index < -0.39 is 8.56 Å². The van der Waals surface area contributed by atoms with Gasteiger partial charge in [0.25, 0.3) is 0 Å². The van der Waals surface area contributed by atoms with Gasteiger partial charge in [0.1, 0.15) is 0 Å². The van der Waals surface area contributed by atoms with Crippen LogP contribution in [0.1, 0.15) is 110 Å². The highest BCUT2D eigenvalue weighted by atomic mass is 28.4. The van der Waals surface area contributed by atoms with Crippen LogP contribution in [0.4, 0.5) is 0 Å². The summed E-state index contributed by atoms with van der Waals surface area (Å²) in [5.41, 5.74) is 0. The second-order valence-electron chi connectivity index (χ2n) is 7.42. The lowest BCUT2D eigenvalue weighted by atomic mass is 10.1. The molecule has 0 spiro atoms. The highest BCUT2D eigenvalue weighted by Gasteiger charge is 2.33. The second kappa shape index (κ2) is 17.9. The first kappa shape index (κ1) is 24.1. The van der Waals surface area contributed by atoms with Crippen LogP contribution in [0.5, 0.6) is 0 Å². The van der Waals surface area contributed by atoms with Gasteiger partial charge in [0.2, 0.25) is 0 Å². The molecule has 0 aromatic carbocycles. The third-order valence-corrected chi connectivity index (χ3v) is 9.04. The van der Waals surface area contributed by atoms with Crippen molar-refractivity contribution in [1.82, 2.24) is 0 Å². The Balaban J connectivity index is 3.69. The molecule has 3 heteroatoms. The van der Waals surface area contributed by atoms with Crippen molar-refractivity contribution in [2.75, 3.05) is 14.2 Å². The van der Waals surface area contributed by atoms with Crippen LogP contribution in [-0.2, 0) is 8.85 Å². The van der Waals surface area contributed by atoms with Crippen molar-refractivity contribution in [2.45, 2.75) is 122 Å². The summed E-state index contributed by atoms with van der Waals surface area (Å²) < 4.78 is 11.8. The highest BCUT2D eigenvalue weighted by molar-refractivity contribution is 6.67. The number of hydrogen-bond donors (Lipinski definition) is 0. The van der Waals surface area contributed by atoms with Gasteiger partial charge in [0, 0.05) is 14.2 Å². The summed E-state index contributed by atoms with van der Waals surface area (Å²) in [4.78, 5) is 0. The largest absolute Gasteiger partial charge is 0.398 e. The van der Waals surface area contributed by atoms with Crippen LogP contribution in [0.15, 0.2) is 0 Å². The van der Waals surface area contributed by atoms with Gasteiger partial charge in [-0.15, -0.1) is 0 Å². The molecule has 0 saturated heterocycles. The molecule has 0 radical (unpaired) electrons. The lowest BCUT2D eigenvalue weighted by Gasteiger charge is -2.27. The quantitative estimate of drug-likeness (QED) is 0.175. The van der Waals surface area contributed by atoms with Gasteiger partial charge in [-0.2, -0.15) is 0 Å². The predicted molar refractivity (Wildman–Crippen MR) is 110 cm³/mol. The van der Waals surface area contributed by atoms with Crippen molar-refractivity contribution in [3.63, 3.8) is 0 Å². The van der Waals surface area contributed by atoms with Crippen LogP contribution in [0.25, 0.3) is 0 Å². The average molecular weight is 359 g/mol. The second-order valence-corrected chi connectivity index (χ2v) is 11.1. The topological polar surface area (TPSA) is 18.5 Å². The summed E-state index contributed by atoms with van der Waals surface area (Å²) in [6, 6.07) is 2.37. The summed E-state index contributed by atoms with van der Waals surface area (Å²) in [7, 11) is 1.85. The van der Waals surface area contributed by atoms with E-state index in [1.165, 1.54) is 108 Å². The lowest BCUT2D eigenvalue weighted by Crippen LogP contribution is -2.39. The van der Waals surface area contributed by atoms with Crippen molar-refractivity contribution in [1.29, 1.82) is 0 Å². The minimum atomic E-state index is -1.90. The molecule has 0 amide bonds. The monoisotopic (exact) mass is 358 g/mol. The Morgan fingerprint density at radius 2 is 0.750 bits per heavy atom. The number of rotatable bonds is 19. The zero-order valence-electron chi connectivity index (χ0n) is 17.3. The summed E-state index contributed by atoms with van der Waals surface area (Å²) in [5.74, 6) is 0. The number of hydrogen-bond acceptors (Lipinski definition) is 2. The summed E-state index contributed by atoms with van der Waals surface area (Å²) in [6.45, 7) is 4.56. The first-order valence-electron chi connectivity index (χ1n) is 10.8. The van der Waals surface area contributed by atoms with Crippen LogP contribution >= 0.6 is 0 Å². The molecule has 24 heavy (non-hydrogen) atoms. The summed E-state index contributed by atoms with van der Waals surface area (Å²) >= 11 is 0. The van der Waals surface area contributed by atoms with Gasteiger partial charge in [-0.1, -0.05) is 110 Å². The highest BCUT2D eigenvalue weighted by Crippen LogP contribution is 2.25. The third-order valence-electron chi connectivity index (χ3n) is 5.32. The normalized spacial score (nSPS) is 12.0. The molecule has 0 unspecified atom stereocenters. The Bertz CT molecular complexity index is 242. The van der Waals surface area contributed by atoms with Gasteiger partial charge < -0.3 is 8.85 Å². The maximum absolute atomic E-state index is 5.90. The molecule has 0 heterocycles. The Labute approximate surface area is 154 Å². The zero-order valence-corrected chi connectivity index (χ0v) is 18.3. The van der Waals surface area contributed by atoms with E-state index in [0.717, 1.165) is 0 Å². The standard InChI is InChI=1S/C21H46O2Si/c1-5-7-9-11-13-14-15-17-19-21-24(22-3,23-4)20-18-16-12-10-8-6-2/h5-21H2,1-4H3. The third kappa shape index (κ3) is 13.4. The molecule has 146 valence electrons. The van der Waals surface area contributed by atoms with Gasteiger partial charge in [0.15, 0.2) is 0 Å². The Morgan fingerprint density at radius 3 is 1.04 bits per heavy atom. The molecule has 0 rings (SSSR count). The Hall–Kier alpha value is 0.137. The summed E-state index contributed by atoms with van der Waals surface area (Å²) in [5, 5.41) is 0. The Morgan fingerprint density at radius 1 is 0.458 bits per heavy atom. The van der Waals surface area contributed by atoms with E-state index in [-0.39, 0.29) is 0 Å². The predicted octanol–water partition coefficient (Wildman–Crippen LogP) is 7.61. The molecule has 0 aliphatic heterocycles. The van der Waals surface area contributed by atoms with Crippen molar-refractivity contribution in [3.05, 3.63) is 0 Å². The van der Waals surface area contributed by atoms with Crippen LogP contribution in [0.2, 0.25) is 12.1 Å². The minimum Gasteiger partial charge on any atom is -0.398 e. The fourth-order valence-corrected chi connectivity index (χ4v) is 6.31. The van der Waals surface area contributed by atoms with Crippen molar-refractivity contribution in [2.24, 2.45) is 0 Å². The molecule has 0 aliphatic carbocycles. The molecule has 2 nitrogen and oxygen atoms in total. The maximum Gasteiger partial charge on any atom is 0.337 e. The van der Waals surface area contributed by atoms with Crippen molar-refractivity contribution in [3.8, 4) is 0 Å². The van der Waals surface area contributed by atoms with Gasteiger partial charge >= 0.3 is 8.56 Å². The SMILES string of the molecule is CCCCCCCCCCC[Si](CCCCCCCC)(OC)OC. The van der Waals surface area contributed by atoms with E-state index in [1.54, 1.807) is 0 Å². The Kier molecular flexibility index (Phi) is 18.0. The number of unbranched alkanes of at least 4 members (excludes halogenated alkanes) is 13. The molecular formula is C21H46O2Si.